The standard InChI is InChI=1S/C36H33N5O4S/c1-23-20-30(24(2)40(23)28-11-9-10-25(21-28)35(43)44-3)34-33(31-14-7-8-19-37-31)39-36(46)41(34)27-17-15-26(16-18-27)38-32(42)22-45-29-12-5-4-6-13-29/h4-21,33-34H,22H2,1-3H3,(H,38,42)(H,39,46). The van der Waals surface area contributed by atoms with Gasteiger partial charge in [-0.15, -0.1) is 0 Å². The summed E-state index contributed by atoms with van der Waals surface area (Å²) in [6.07, 6.45) is 1.78. The molecule has 1 amide bonds. The van der Waals surface area contributed by atoms with Crippen LogP contribution in [-0.2, 0) is 9.53 Å². The summed E-state index contributed by atoms with van der Waals surface area (Å²) in [6, 6.07) is 31.7. The average Bonchev–Trinajstić information content (AvgIpc) is 3.58. The van der Waals surface area contributed by atoms with Crippen molar-refractivity contribution in [1.82, 2.24) is 14.9 Å². The third kappa shape index (κ3) is 6.20. The molecule has 3 heterocycles. The van der Waals surface area contributed by atoms with Crippen molar-refractivity contribution in [3.05, 3.63) is 138 Å². The number of nitrogens with one attached hydrogen (secondary N) is 2. The fourth-order valence-corrected chi connectivity index (χ4v) is 6.24. The van der Waals surface area contributed by atoms with Crippen LogP contribution in [0.2, 0.25) is 0 Å². The number of amides is 1. The molecule has 0 aliphatic carbocycles. The van der Waals surface area contributed by atoms with Crippen molar-refractivity contribution in [3.8, 4) is 11.4 Å². The molecule has 5 aromatic rings. The molecule has 1 aliphatic heterocycles. The summed E-state index contributed by atoms with van der Waals surface area (Å²) in [5.74, 6) is -0.0153. The number of carbonyl (C=O) groups is 2. The number of aromatic nitrogens is 2. The molecule has 2 atom stereocenters. The lowest BCUT2D eigenvalue weighted by Gasteiger charge is -2.28. The molecule has 1 saturated heterocycles. The van der Waals surface area contributed by atoms with E-state index in [4.69, 9.17) is 21.7 Å². The van der Waals surface area contributed by atoms with Gasteiger partial charge >= 0.3 is 5.97 Å². The molecule has 3 aromatic carbocycles. The zero-order valence-electron chi connectivity index (χ0n) is 25.6. The van der Waals surface area contributed by atoms with E-state index in [1.54, 1.807) is 24.4 Å². The maximum atomic E-state index is 12.6. The highest BCUT2D eigenvalue weighted by atomic mass is 32.1. The Morgan fingerprint density at radius 3 is 2.39 bits per heavy atom. The number of hydrogen-bond acceptors (Lipinski definition) is 6. The Balaban J connectivity index is 1.32. The Hall–Kier alpha value is -5.48. The van der Waals surface area contributed by atoms with Crippen LogP contribution in [0.25, 0.3) is 5.69 Å². The number of thiocarbonyl (C=S) groups is 1. The molecule has 1 aliphatic rings. The molecular formula is C36H33N5O4S. The number of para-hydroxylation sites is 1. The SMILES string of the molecule is COC(=O)c1cccc(-n2c(C)cc(C3C(c4ccccn4)NC(=S)N3c3ccc(NC(=O)COc4ccccc4)cc3)c2C)c1. The zero-order valence-corrected chi connectivity index (χ0v) is 26.5. The van der Waals surface area contributed by atoms with Crippen LogP contribution in [-0.4, -0.2) is 40.3 Å². The monoisotopic (exact) mass is 631 g/mol. The van der Waals surface area contributed by atoms with Crippen molar-refractivity contribution in [3.63, 3.8) is 0 Å². The lowest BCUT2D eigenvalue weighted by atomic mass is 9.96. The van der Waals surface area contributed by atoms with Gasteiger partial charge in [-0.05, 0) is 104 Å². The molecule has 2 unspecified atom stereocenters. The Labute approximate surface area is 272 Å². The van der Waals surface area contributed by atoms with E-state index >= 15 is 0 Å². The van der Waals surface area contributed by atoms with E-state index in [1.807, 2.05) is 85.8 Å². The van der Waals surface area contributed by atoms with Gasteiger partial charge in [-0.2, -0.15) is 0 Å². The third-order valence-corrected chi connectivity index (χ3v) is 8.27. The van der Waals surface area contributed by atoms with E-state index in [1.165, 1.54) is 7.11 Å². The van der Waals surface area contributed by atoms with Gasteiger partial charge in [-0.1, -0.05) is 30.3 Å². The first-order chi connectivity index (χ1) is 22.3. The highest BCUT2D eigenvalue weighted by Gasteiger charge is 2.42. The maximum absolute atomic E-state index is 12.6. The van der Waals surface area contributed by atoms with E-state index in [0.717, 1.165) is 34.0 Å². The van der Waals surface area contributed by atoms with Crippen LogP contribution >= 0.6 is 12.2 Å². The van der Waals surface area contributed by atoms with E-state index < -0.39 is 0 Å². The van der Waals surface area contributed by atoms with Gasteiger partial charge in [0, 0.05) is 34.6 Å². The summed E-state index contributed by atoms with van der Waals surface area (Å²) in [5, 5.41) is 6.97. The lowest BCUT2D eigenvalue weighted by Crippen LogP contribution is -2.29. The largest absolute Gasteiger partial charge is 0.484 e. The number of aryl methyl sites for hydroxylation is 1. The van der Waals surface area contributed by atoms with Crippen molar-refractivity contribution in [2.75, 3.05) is 23.9 Å². The predicted molar refractivity (Wildman–Crippen MR) is 182 cm³/mol. The lowest BCUT2D eigenvalue weighted by molar-refractivity contribution is -0.118. The van der Waals surface area contributed by atoms with Crippen LogP contribution in [0.3, 0.4) is 0 Å². The molecule has 0 spiro atoms. The van der Waals surface area contributed by atoms with Crippen LogP contribution in [0.5, 0.6) is 5.75 Å². The quantitative estimate of drug-likeness (QED) is 0.141. The average molecular weight is 632 g/mol. The van der Waals surface area contributed by atoms with Gasteiger partial charge in [0.25, 0.3) is 5.91 Å². The molecule has 0 saturated carbocycles. The zero-order chi connectivity index (χ0) is 32.2. The molecule has 0 radical (unpaired) electrons. The van der Waals surface area contributed by atoms with E-state index in [2.05, 4.69) is 38.1 Å². The number of nitrogens with zero attached hydrogens (tertiary/aromatic N) is 3. The first-order valence-corrected chi connectivity index (χ1v) is 15.2. The van der Waals surface area contributed by atoms with Gasteiger partial charge in [0.2, 0.25) is 0 Å². The fraction of sp³-hybridized carbons (Fsp3) is 0.167. The molecule has 0 bridgehead atoms. The second kappa shape index (κ2) is 13.3. The molecule has 1 fully saturated rings. The number of rotatable bonds is 9. The smallest absolute Gasteiger partial charge is 0.337 e. The first-order valence-electron chi connectivity index (χ1n) is 14.8. The van der Waals surface area contributed by atoms with Gasteiger partial charge in [0.1, 0.15) is 5.75 Å². The normalized spacial score (nSPS) is 15.7. The van der Waals surface area contributed by atoms with E-state index in [-0.39, 0.29) is 30.6 Å². The van der Waals surface area contributed by atoms with Crippen molar-refractivity contribution < 1.29 is 19.1 Å². The molecule has 2 aromatic heterocycles. The third-order valence-electron chi connectivity index (χ3n) is 7.95. The van der Waals surface area contributed by atoms with Gasteiger partial charge < -0.3 is 29.6 Å². The number of pyridine rings is 1. The van der Waals surface area contributed by atoms with Crippen molar-refractivity contribution >= 4 is 40.6 Å². The Kier molecular flexibility index (Phi) is 8.80. The highest BCUT2D eigenvalue weighted by Crippen LogP contribution is 2.44. The number of methoxy groups -OCH3 is 1. The van der Waals surface area contributed by atoms with Gasteiger partial charge in [-0.3, -0.25) is 9.78 Å². The predicted octanol–water partition coefficient (Wildman–Crippen LogP) is 6.47. The summed E-state index contributed by atoms with van der Waals surface area (Å²) < 4.78 is 12.7. The molecular weight excluding hydrogens is 598 g/mol. The second-order valence-electron chi connectivity index (χ2n) is 10.9. The van der Waals surface area contributed by atoms with Crippen LogP contribution < -0.4 is 20.3 Å². The summed E-state index contributed by atoms with van der Waals surface area (Å²) in [7, 11) is 1.38. The minimum Gasteiger partial charge on any atom is -0.484 e. The van der Waals surface area contributed by atoms with Gasteiger partial charge in [0.05, 0.1) is 30.5 Å². The van der Waals surface area contributed by atoms with Gasteiger partial charge in [0.15, 0.2) is 11.7 Å². The summed E-state index contributed by atoms with van der Waals surface area (Å²) in [6.45, 7) is 4.01. The van der Waals surface area contributed by atoms with E-state index in [9.17, 15) is 9.59 Å². The van der Waals surface area contributed by atoms with E-state index in [0.29, 0.717) is 22.1 Å². The summed E-state index contributed by atoms with van der Waals surface area (Å²) >= 11 is 5.94. The minimum absolute atomic E-state index is 0.0993. The Morgan fingerprint density at radius 1 is 0.913 bits per heavy atom. The summed E-state index contributed by atoms with van der Waals surface area (Å²) in [4.78, 5) is 31.6. The topological polar surface area (TPSA) is 97.7 Å². The second-order valence-corrected chi connectivity index (χ2v) is 11.3. The Morgan fingerprint density at radius 2 is 1.67 bits per heavy atom. The number of ether oxygens (including phenoxy) is 2. The maximum Gasteiger partial charge on any atom is 0.337 e. The highest BCUT2D eigenvalue weighted by molar-refractivity contribution is 7.80. The van der Waals surface area contributed by atoms with Crippen LogP contribution in [0.4, 0.5) is 11.4 Å². The number of hydrogen-bond donors (Lipinski definition) is 2. The van der Waals surface area contributed by atoms with Gasteiger partial charge in [-0.25, -0.2) is 4.79 Å². The molecule has 9 nitrogen and oxygen atoms in total. The van der Waals surface area contributed by atoms with Crippen LogP contribution in [0, 0.1) is 13.8 Å². The Bertz CT molecular complexity index is 1880. The number of esters is 1. The number of carbonyl (C=O) groups excluding carboxylic acids is 2. The molecule has 2 N–H and O–H groups in total. The fourth-order valence-electron chi connectivity index (χ4n) is 5.89. The first kappa shape index (κ1) is 30.5. The summed E-state index contributed by atoms with van der Waals surface area (Å²) in [5.41, 5.74) is 6.75. The van der Waals surface area contributed by atoms with Crippen molar-refractivity contribution in [1.29, 1.82) is 0 Å². The van der Waals surface area contributed by atoms with Crippen molar-refractivity contribution in [2.24, 2.45) is 0 Å². The number of benzene rings is 3. The number of anilines is 2. The molecule has 10 heteroatoms. The van der Waals surface area contributed by atoms with Crippen LogP contribution in [0.15, 0.2) is 109 Å². The molecule has 6 rings (SSSR count). The molecule has 232 valence electrons. The van der Waals surface area contributed by atoms with Crippen molar-refractivity contribution in [2.45, 2.75) is 25.9 Å². The minimum atomic E-state index is -0.389. The molecule has 46 heavy (non-hydrogen) atoms. The van der Waals surface area contributed by atoms with Crippen LogP contribution in [0.1, 0.15) is 45.1 Å².